The first kappa shape index (κ1) is 21.5. The van der Waals surface area contributed by atoms with Gasteiger partial charge in [-0.1, -0.05) is 0 Å². The van der Waals surface area contributed by atoms with Crippen molar-refractivity contribution in [2.75, 3.05) is 0 Å². The number of hydrogen-bond donors (Lipinski definition) is 2. The molecule has 0 bridgehead atoms. The second kappa shape index (κ2) is 8.46. The number of carbonyl (C=O) groups is 2. The number of aromatic nitrogens is 2. The van der Waals surface area contributed by atoms with Gasteiger partial charge in [0.1, 0.15) is 11.6 Å². The van der Waals surface area contributed by atoms with Gasteiger partial charge in [0, 0.05) is 30.4 Å². The van der Waals surface area contributed by atoms with E-state index in [-0.39, 0.29) is 6.42 Å². The molecule has 0 aliphatic carbocycles. The van der Waals surface area contributed by atoms with Gasteiger partial charge in [0.25, 0.3) is 11.4 Å². The molecule has 0 unspecified atom stereocenters. The van der Waals surface area contributed by atoms with Gasteiger partial charge in [-0.15, -0.1) is 0 Å². The Bertz CT molecular complexity index is 902. The highest BCUT2D eigenvalue weighted by Gasteiger charge is 2.36. The molecule has 1 aromatic heterocycles. The number of aromatic amines is 1. The maximum atomic E-state index is 13.1. The number of carbonyl (C=O) groups excluding carboxylic acids is 2. The number of hydrogen-bond acceptors (Lipinski definition) is 8. The molecule has 2 rings (SSSR count). The summed E-state index contributed by atoms with van der Waals surface area (Å²) in [5.41, 5.74) is -2.60. The van der Waals surface area contributed by atoms with Crippen LogP contribution in [0.2, 0.25) is 0 Å². The number of nitrogens with one attached hydrogen (secondary N) is 2. The van der Waals surface area contributed by atoms with Crippen LogP contribution < -0.4 is 5.32 Å². The SMILES string of the molecule is CC(C)(C)OC(=O)N[C@@H](Cc1cnc[nH]1)C(=O)c1c([N+](=O)[O-])cccc1[N+](=O)[O-]. The Morgan fingerprint density at radius 3 is 2.24 bits per heavy atom. The number of alkyl carbamates (subject to hydrolysis) is 1. The lowest BCUT2D eigenvalue weighted by atomic mass is 9.97. The topological polar surface area (TPSA) is 170 Å². The van der Waals surface area contributed by atoms with Crippen LogP contribution in [-0.2, 0) is 11.2 Å². The summed E-state index contributed by atoms with van der Waals surface area (Å²) >= 11 is 0. The molecule has 0 saturated carbocycles. The fourth-order valence-corrected chi connectivity index (χ4v) is 2.53. The Balaban J connectivity index is 2.48. The van der Waals surface area contributed by atoms with Crippen LogP contribution in [0.25, 0.3) is 0 Å². The molecule has 154 valence electrons. The molecule has 2 aromatic rings. The summed E-state index contributed by atoms with van der Waals surface area (Å²) in [6.07, 6.45) is 1.65. The van der Waals surface area contributed by atoms with Crippen LogP contribution in [0.5, 0.6) is 0 Å². The third kappa shape index (κ3) is 5.57. The number of nitrogens with zero attached hydrogens (tertiary/aromatic N) is 3. The summed E-state index contributed by atoms with van der Waals surface area (Å²) in [5, 5.41) is 25.0. The summed E-state index contributed by atoms with van der Waals surface area (Å²) in [6, 6.07) is 1.71. The number of rotatable bonds is 7. The fraction of sp³-hybridized carbons (Fsp3) is 0.353. The van der Waals surface area contributed by atoms with Gasteiger partial charge in [-0.2, -0.15) is 0 Å². The van der Waals surface area contributed by atoms with E-state index in [4.69, 9.17) is 4.74 Å². The van der Waals surface area contributed by atoms with E-state index in [1.54, 1.807) is 20.8 Å². The first-order valence-corrected chi connectivity index (χ1v) is 8.42. The van der Waals surface area contributed by atoms with E-state index in [2.05, 4.69) is 15.3 Å². The van der Waals surface area contributed by atoms with E-state index >= 15 is 0 Å². The number of benzene rings is 1. The van der Waals surface area contributed by atoms with Gasteiger partial charge in [0.05, 0.1) is 16.2 Å². The quantitative estimate of drug-likeness (QED) is 0.402. The summed E-state index contributed by atoms with van der Waals surface area (Å²) in [6.45, 7) is 4.85. The smallest absolute Gasteiger partial charge is 0.408 e. The Morgan fingerprint density at radius 1 is 1.21 bits per heavy atom. The van der Waals surface area contributed by atoms with Crippen LogP contribution in [0, 0.1) is 20.2 Å². The summed E-state index contributed by atoms with van der Waals surface area (Å²) in [7, 11) is 0. The third-order valence-electron chi connectivity index (χ3n) is 3.65. The standard InChI is InChI=1S/C17H19N5O7/c1-17(2,3)29-16(24)20-11(7-10-8-18-9-19-10)15(23)14-12(21(25)26)5-4-6-13(14)22(27)28/h4-6,8-9,11H,7H2,1-3H3,(H,18,19)(H,20,24)/t11-/m0/s1. The Kier molecular flexibility index (Phi) is 6.26. The Hall–Kier alpha value is -3.83. The predicted octanol–water partition coefficient (Wildman–Crippen LogP) is 2.54. The number of ether oxygens (including phenoxy) is 1. The highest BCUT2D eigenvalue weighted by Crippen LogP contribution is 2.30. The van der Waals surface area contributed by atoms with Crippen molar-refractivity contribution < 1.29 is 24.2 Å². The van der Waals surface area contributed by atoms with Crippen molar-refractivity contribution in [2.45, 2.75) is 38.8 Å². The van der Waals surface area contributed by atoms with Crippen molar-refractivity contribution in [1.29, 1.82) is 0 Å². The molecular formula is C17H19N5O7. The van der Waals surface area contributed by atoms with Gasteiger partial charge < -0.3 is 15.0 Å². The van der Waals surface area contributed by atoms with Gasteiger partial charge in [-0.3, -0.25) is 25.0 Å². The molecule has 1 atom stereocenters. The van der Waals surface area contributed by atoms with E-state index in [0.717, 1.165) is 18.2 Å². The molecule has 0 aliphatic rings. The number of amides is 1. The maximum absolute atomic E-state index is 13.1. The normalized spacial score (nSPS) is 12.1. The average molecular weight is 405 g/mol. The molecule has 0 radical (unpaired) electrons. The molecule has 0 saturated heterocycles. The molecule has 2 N–H and O–H groups in total. The molecule has 0 aliphatic heterocycles. The fourth-order valence-electron chi connectivity index (χ4n) is 2.53. The predicted molar refractivity (Wildman–Crippen MR) is 99.5 cm³/mol. The average Bonchev–Trinajstić information content (AvgIpc) is 3.11. The van der Waals surface area contributed by atoms with Gasteiger partial charge in [0.2, 0.25) is 0 Å². The van der Waals surface area contributed by atoms with Crippen LogP contribution in [0.15, 0.2) is 30.7 Å². The molecule has 29 heavy (non-hydrogen) atoms. The molecule has 1 heterocycles. The van der Waals surface area contributed by atoms with Gasteiger partial charge in [0.15, 0.2) is 11.3 Å². The first-order chi connectivity index (χ1) is 13.5. The minimum absolute atomic E-state index is 0.138. The van der Waals surface area contributed by atoms with Crippen LogP contribution in [0.1, 0.15) is 36.8 Å². The first-order valence-electron chi connectivity index (χ1n) is 8.42. The van der Waals surface area contributed by atoms with Crippen molar-refractivity contribution >= 4 is 23.3 Å². The molecule has 1 aromatic carbocycles. The zero-order chi connectivity index (χ0) is 21.8. The summed E-state index contributed by atoms with van der Waals surface area (Å²) < 4.78 is 5.13. The Morgan fingerprint density at radius 2 is 1.79 bits per heavy atom. The van der Waals surface area contributed by atoms with E-state index in [1.807, 2.05) is 0 Å². The highest BCUT2D eigenvalue weighted by molar-refractivity contribution is 6.07. The zero-order valence-electron chi connectivity index (χ0n) is 15.9. The van der Waals surface area contributed by atoms with Crippen molar-refractivity contribution in [2.24, 2.45) is 0 Å². The molecular weight excluding hydrogens is 386 g/mol. The van der Waals surface area contributed by atoms with E-state index < -0.39 is 50.3 Å². The van der Waals surface area contributed by atoms with E-state index in [0.29, 0.717) is 5.69 Å². The van der Waals surface area contributed by atoms with E-state index in [9.17, 15) is 29.8 Å². The number of nitro benzene ring substituents is 2. The van der Waals surface area contributed by atoms with Crippen LogP contribution in [0.4, 0.5) is 16.2 Å². The monoisotopic (exact) mass is 405 g/mol. The lowest BCUT2D eigenvalue weighted by Gasteiger charge is -2.23. The number of H-pyrrole nitrogens is 1. The second-order valence-electron chi connectivity index (χ2n) is 7.03. The zero-order valence-corrected chi connectivity index (χ0v) is 15.9. The van der Waals surface area contributed by atoms with Crippen LogP contribution in [0.3, 0.4) is 0 Å². The van der Waals surface area contributed by atoms with Crippen molar-refractivity contribution in [3.63, 3.8) is 0 Å². The van der Waals surface area contributed by atoms with Crippen molar-refractivity contribution in [1.82, 2.24) is 15.3 Å². The highest BCUT2D eigenvalue weighted by atomic mass is 16.6. The van der Waals surface area contributed by atoms with Gasteiger partial charge in [-0.05, 0) is 26.8 Å². The summed E-state index contributed by atoms with van der Waals surface area (Å²) in [5.74, 6) is -0.996. The largest absolute Gasteiger partial charge is 0.444 e. The molecule has 0 fully saturated rings. The van der Waals surface area contributed by atoms with Gasteiger partial charge in [-0.25, -0.2) is 9.78 Å². The van der Waals surface area contributed by atoms with Crippen molar-refractivity contribution in [3.05, 3.63) is 62.2 Å². The van der Waals surface area contributed by atoms with E-state index in [1.165, 1.54) is 12.5 Å². The third-order valence-corrected chi connectivity index (χ3v) is 3.65. The minimum Gasteiger partial charge on any atom is -0.444 e. The minimum atomic E-state index is -1.37. The molecule has 12 nitrogen and oxygen atoms in total. The van der Waals surface area contributed by atoms with Crippen LogP contribution in [-0.4, -0.2) is 43.3 Å². The molecule has 12 heteroatoms. The van der Waals surface area contributed by atoms with Crippen LogP contribution >= 0.6 is 0 Å². The number of Topliss-reactive ketones (excluding diaryl/α,β-unsaturated/α-hetero) is 1. The number of imidazole rings is 1. The number of ketones is 1. The lowest BCUT2D eigenvalue weighted by molar-refractivity contribution is -0.394. The summed E-state index contributed by atoms with van der Waals surface area (Å²) in [4.78, 5) is 52.8. The maximum Gasteiger partial charge on any atom is 0.408 e. The number of nitro groups is 2. The van der Waals surface area contributed by atoms with Crippen molar-refractivity contribution in [3.8, 4) is 0 Å². The lowest BCUT2D eigenvalue weighted by Crippen LogP contribution is -2.45. The Labute approximate surface area is 164 Å². The molecule has 0 spiro atoms. The second-order valence-corrected chi connectivity index (χ2v) is 7.03. The molecule has 1 amide bonds. The van der Waals surface area contributed by atoms with Gasteiger partial charge >= 0.3 is 6.09 Å².